The highest BCUT2D eigenvalue weighted by Gasteiger charge is 2.26. The summed E-state index contributed by atoms with van der Waals surface area (Å²) in [7, 11) is 0. The van der Waals surface area contributed by atoms with Crippen molar-refractivity contribution in [2.45, 2.75) is 39.7 Å². The number of rotatable bonds is 8. The summed E-state index contributed by atoms with van der Waals surface area (Å²) < 4.78 is 11.4. The first-order valence-corrected chi connectivity index (χ1v) is 9.91. The molecule has 0 aromatic heterocycles. The van der Waals surface area contributed by atoms with E-state index in [0.717, 1.165) is 12.8 Å². The Morgan fingerprint density at radius 1 is 1.17 bits per heavy atom. The van der Waals surface area contributed by atoms with Gasteiger partial charge in [0.15, 0.2) is 0 Å². The van der Waals surface area contributed by atoms with Crippen molar-refractivity contribution in [3.8, 4) is 17.2 Å². The molecule has 154 valence electrons. The number of carboxylic acid groups (broad SMARTS) is 1. The smallest absolute Gasteiger partial charge is 0.335 e. The van der Waals surface area contributed by atoms with E-state index in [0.29, 0.717) is 40.4 Å². The zero-order valence-corrected chi connectivity index (χ0v) is 17.4. The molecule has 1 fully saturated rings. The van der Waals surface area contributed by atoms with E-state index in [1.807, 2.05) is 13.8 Å². The Balaban J connectivity index is 1.85. The summed E-state index contributed by atoms with van der Waals surface area (Å²) in [5, 5.41) is 9.67. The van der Waals surface area contributed by atoms with Crippen LogP contribution < -0.4 is 14.4 Å². The van der Waals surface area contributed by atoms with Crippen LogP contribution in [0.3, 0.4) is 0 Å². The van der Waals surface area contributed by atoms with Gasteiger partial charge in [-0.1, -0.05) is 11.6 Å². The van der Waals surface area contributed by atoms with Crippen molar-refractivity contribution in [3.05, 3.63) is 47.0 Å². The normalized spacial score (nSPS) is 13.3. The number of hydrogen-bond donors (Lipinski definition) is 1. The summed E-state index contributed by atoms with van der Waals surface area (Å²) in [6.45, 7) is 5.93. The van der Waals surface area contributed by atoms with Crippen molar-refractivity contribution in [3.63, 3.8) is 0 Å². The number of amides is 1. The van der Waals surface area contributed by atoms with Crippen molar-refractivity contribution in [1.82, 2.24) is 0 Å². The number of carbonyl (C=O) groups excluding carboxylic acids is 1. The van der Waals surface area contributed by atoms with Crippen LogP contribution in [0.1, 0.15) is 44.0 Å². The van der Waals surface area contributed by atoms with E-state index >= 15 is 0 Å². The topological polar surface area (TPSA) is 76.1 Å². The SMILES string of the molecule is CC(=O)N(CC1CC1)c1ccc(Oc2cc(OC(C)C)cc(C(=O)O)c2)c(Cl)c1. The number of anilines is 1. The first kappa shape index (κ1) is 21.0. The molecular formula is C22H24ClNO5. The van der Waals surface area contributed by atoms with E-state index in [1.165, 1.54) is 19.1 Å². The Hall–Kier alpha value is -2.73. The van der Waals surface area contributed by atoms with Crippen LogP contribution in [-0.2, 0) is 4.79 Å². The molecule has 0 aliphatic heterocycles. The molecule has 0 radical (unpaired) electrons. The highest BCUT2D eigenvalue weighted by molar-refractivity contribution is 6.32. The molecule has 0 atom stereocenters. The standard InChI is InChI=1S/C22H24ClNO5/c1-13(2)28-18-8-16(22(26)27)9-19(11-18)29-21-7-6-17(10-20(21)23)24(14(3)25)12-15-4-5-15/h6-11,13,15H,4-5,12H2,1-3H3,(H,26,27). The average molecular weight is 418 g/mol. The monoisotopic (exact) mass is 417 g/mol. The Bertz CT molecular complexity index is 923. The highest BCUT2D eigenvalue weighted by Crippen LogP contribution is 2.36. The highest BCUT2D eigenvalue weighted by atomic mass is 35.5. The second-order valence-electron chi connectivity index (χ2n) is 7.45. The van der Waals surface area contributed by atoms with Crippen molar-refractivity contribution in [2.24, 2.45) is 5.92 Å². The number of nitrogens with zero attached hydrogens (tertiary/aromatic N) is 1. The third kappa shape index (κ3) is 5.64. The summed E-state index contributed by atoms with van der Waals surface area (Å²) in [6.07, 6.45) is 2.16. The Morgan fingerprint density at radius 3 is 2.41 bits per heavy atom. The van der Waals surface area contributed by atoms with E-state index < -0.39 is 5.97 Å². The summed E-state index contributed by atoms with van der Waals surface area (Å²) in [5.41, 5.74) is 0.767. The number of ether oxygens (including phenoxy) is 2. The molecule has 29 heavy (non-hydrogen) atoms. The summed E-state index contributed by atoms with van der Waals surface area (Å²) in [6, 6.07) is 9.62. The van der Waals surface area contributed by atoms with Gasteiger partial charge in [-0.3, -0.25) is 4.79 Å². The molecule has 1 N–H and O–H groups in total. The zero-order valence-electron chi connectivity index (χ0n) is 16.6. The van der Waals surface area contributed by atoms with Crippen LogP contribution in [0.5, 0.6) is 17.2 Å². The maximum atomic E-state index is 12.0. The lowest BCUT2D eigenvalue weighted by Crippen LogP contribution is -2.30. The van der Waals surface area contributed by atoms with Gasteiger partial charge in [0.05, 0.1) is 16.7 Å². The lowest BCUT2D eigenvalue weighted by molar-refractivity contribution is -0.116. The number of hydrogen-bond acceptors (Lipinski definition) is 4. The molecule has 7 heteroatoms. The fourth-order valence-electron chi connectivity index (χ4n) is 2.94. The minimum absolute atomic E-state index is 0.0359. The lowest BCUT2D eigenvalue weighted by Gasteiger charge is -2.22. The molecule has 0 spiro atoms. The fraction of sp³-hybridized carbons (Fsp3) is 0.364. The molecular weight excluding hydrogens is 394 g/mol. The van der Waals surface area contributed by atoms with Crippen molar-refractivity contribution < 1.29 is 24.2 Å². The van der Waals surface area contributed by atoms with Crippen LogP contribution in [-0.4, -0.2) is 29.6 Å². The van der Waals surface area contributed by atoms with E-state index in [-0.39, 0.29) is 17.6 Å². The van der Waals surface area contributed by atoms with Crippen LogP contribution in [0.4, 0.5) is 5.69 Å². The van der Waals surface area contributed by atoms with E-state index in [4.69, 9.17) is 21.1 Å². The first-order valence-electron chi connectivity index (χ1n) is 9.53. The van der Waals surface area contributed by atoms with Crippen LogP contribution in [0.25, 0.3) is 0 Å². The van der Waals surface area contributed by atoms with Crippen LogP contribution in [0, 0.1) is 5.92 Å². The Kier molecular flexibility index (Phi) is 6.33. The number of benzene rings is 2. The van der Waals surface area contributed by atoms with Gasteiger partial charge in [-0.05, 0) is 62.9 Å². The maximum absolute atomic E-state index is 12.0. The Labute approximate surface area is 175 Å². The zero-order chi connectivity index (χ0) is 21.1. The third-order valence-corrected chi connectivity index (χ3v) is 4.77. The number of carboxylic acids is 1. The van der Waals surface area contributed by atoms with Crippen molar-refractivity contribution in [2.75, 3.05) is 11.4 Å². The van der Waals surface area contributed by atoms with Gasteiger partial charge in [-0.25, -0.2) is 4.79 Å². The predicted molar refractivity (Wildman–Crippen MR) is 111 cm³/mol. The molecule has 2 aromatic carbocycles. The molecule has 0 heterocycles. The van der Waals surface area contributed by atoms with Gasteiger partial charge in [0, 0.05) is 25.2 Å². The quantitative estimate of drug-likeness (QED) is 0.623. The van der Waals surface area contributed by atoms with E-state index in [2.05, 4.69) is 0 Å². The van der Waals surface area contributed by atoms with E-state index in [9.17, 15) is 14.7 Å². The molecule has 3 rings (SSSR count). The van der Waals surface area contributed by atoms with Crippen molar-refractivity contribution in [1.29, 1.82) is 0 Å². The molecule has 6 nitrogen and oxygen atoms in total. The first-order chi connectivity index (χ1) is 13.7. The second kappa shape index (κ2) is 8.74. The summed E-state index contributed by atoms with van der Waals surface area (Å²) in [5.74, 6) is 0.496. The van der Waals surface area contributed by atoms with Crippen LogP contribution >= 0.6 is 11.6 Å². The largest absolute Gasteiger partial charge is 0.491 e. The molecule has 1 amide bonds. The predicted octanol–water partition coefficient (Wildman–Crippen LogP) is 5.38. The van der Waals surface area contributed by atoms with Gasteiger partial charge in [0.2, 0.25) is 5.91 Å². The van der Waals surface area contributed by atoms with Gasteiger partial charge in [-0.2, -0.15) is 0 Å². The minimum Gasteiger partial charge on any atom is -0.491 e. The average Bonchev–Trinajstić information content (AvgIpc) is 3.44. The molecule has 1 saturated carbocycles. The van der Waals surface area contributed by atoms with Gasteiger partial charge in [0.1, 0.15) is 17.2 Å². The van der Waals surface area contributed by atoms with Gasteiger partial charge in [-0.15, -0.1) is 0 Å². The van der Waals surface area contributed by atoms with Crippen molar-refractivity contribution >= 4 is 29.2 Å². The lowest BCUT2D eigenvalue weighted by atomic mass is 10.2. The molecule has 0 unspecified atom stereocenters. The minimum atomic E-state index is -1.08. The second-order valence-corrected chi connectivity index (χ2v) is 7.86. The number of carbonyl (C=O) groups is 2. The molecule has 0 saturated heterocycles. The number of aromatic carboxylic acids is 1. The molecule has 0 bridgehead atoms. The molecule has 1 aliphatic rings. The van der Waals surface area contributed by atoms with Gasteiger partial charge in [0.25, 0.3) is 0 Å². The van der Waals surface area contributed by atoms with Gasteiger partial charge < -0.3 is 19.5 Å². The molecule has 1 aliphatic carbocycles. The summed E-state index contributed by atoms with van der Waals surface area (Å²) >= 11 is 6.40. The third-order valence-electron chi connectivity index (χ3n) is 4.47. The summed E-state index contributed by atoms with van der Waals surface area (Å²) in [4.78, 5) is 25.1. The Morgan fingerprint density at radius 2 is 1.86 bits per heavy atom. The maximum Gasteiger partial charge on any atom is 0.335 e. The van der Waals surface area contributed by atoms with Gasteiger partial charge >= 0.3 is 5.97 Å². The fourth-order valence-corrected chi connectivity index (χ4v) is 3.15. The number of halogens is 1. The van der Waals surface area contributed by atoms with Crippen LogP contribution in [0.15, 0.2) is 36.4 Å². The van der Waals surface area contributed by atoms with Crippen LogP contribution in [0.2, 0.25) is 5.02 Å². The molecule has 2 aromatic rings. The van der Waals surface area contributed by atoms with E-state index in [1.54, 1.807) is 29.2 Å².